The maximum Gasteiger partial charge on any atom is 0.197 e. The Balaban J connectivity index is 1.61. The molecule has 1 aromatic carbocycles. The Kier molecular flexibility index (Phi) is 3.64. The maximum atomic E-state index is 5.88. The molecule has 0 saturated heterocycles. The van der Waals surface area contributed by atoms with Gasteiger partial charge in [-0.15, -0.1) is 0 Å². The molecule has 106 valence electrons. The summed E-state index contributed by atoms with van der Waals surface area (Å²) < 4.78 is 15.5. The second-order valence-electron chi connectivity index (χ2n) is 4.59. The number of rotatable bonds is 5. The van der Waals surface area contributed by atoms with E-state index < -0.39 is 0 Å². The first kappa shape index (κ1) is 13.1. The van der Waals surface area contributed by atoms with Crippen LogP contribution in [0.25, 0.3) is 0 Å². The highest BCUT2D eigenvalue weighted by molar-refractivity contribution is 7.11. The molecule has 1 atom stereocenters. The number of hydrogen-bond acceptors (Lipinski definition) is 6. The van der Waals surface area contributed by atoms with Crippen molar-refractivity contribution in [1.29, 1.82) is 0 Å². The van der Waals surface area contributed by atoms with Crippen LogP contribution in [0.1, 0.15) is 12.5 Å². The molecule has 20 heavy (non-hydrogen) atoms. The van der Waals surface area contributed by atoms with Gasteiger partial charge >= 0.3 is 0 Å². The van der Waals surface area contributed by atoms with Crippen LogP contribution in [0.5, 0.6) is 11.5 Å². The molecule has 0 spiro atoms. The van der Waals surface area contributed by atoms with Gasteiger partial charge in [0.05, 0.1) is 13.2 Å². The highest BCUT2D eigenvalue weighted by atomic mass is 32.1. The number of anilines is 2. The van der Waals surface area contributed by atoms with Crippen molar-refractivity contribution < 1.29 is 9.47 Å². The molecule has 5 nitrogen and oxygen atoms in total. The van der Waals surface area contributed by atoms with Crippen LogP contribution in [0.3, 0.4) is 0 Å². The summed E-state index contributed by atoms with van der Waals surface area (Å²) in [4.78, 5) is 0. The lowest BCUT2D eigenvalue weighted by Crippen LogP contribution is -2.23. The number of hydrogen-bond donors (Lipinski definition) is 2. The van der Waals surface area contributed by atoms with E-state index >= 15 is 0 Å². The predicted molar refractivity (Wildman–Crippen MR) is 80.7 cm³/mol. The minimum Gasteiger partial charge on any atom is -0.488 e. The minimum atomic E-state index is 0.130. The first-order chi connectivity index (χ1) is 9.78. The molecule has 1 aliphatic rings. The summed E-state index contributed by atoms with van der Waals surface area (Å²) in [6.07, 6.45) is 1.05. The van der Waals surface area contributed by atoms with Gasteiger partial charge in [0.15, 0.2) is 16.6 Å². The van der Waals surface area contributed by atoms with Crippen molar-refractivity contribution in [2.24, 2.45) is 0 Å². The molecule has 0 aliphatic carbocycles. The number of nitrogens with one attached hydrogen (secondary N) is 1. The number of nitrogens with zero attached hydrogens (tertiary/aromatic N) is 1. The molecular weight excluding hydrogens is 274 g/mol. The van der Waals surface area contributed by atoms with Crippen LogP contribution >= 0.6 is 11.5 Å². The normalized spacial score (nSPS) is 16.6. The summed E-state index contributed by atoms with van der Waals surface area (Å²) in [5.74, 6) is 2.07. The number of nitrogen functional groups attached to an aromatic ring is 1. The number of fused-ring (bicyclic) bond motifs is 1. The summed E-state index contributed by atoms with van der Waals surface area (Å²) in [7, 11) is 0. The fraction of sp³-hybridized carbons (Fsp3) is 0.357. The van der Waals surface area contributed by atoms with Gasteiger partial charge in [-0.2, -0.15) is 4.37 Å². The van der Waals surface area contributed by atoms with Crippen LogP contribution in [0.4, 0.5) is 10.8 Å². The van der Waals surface area contributed by atoms with Gasteiger partial charge in [0.25, 0.3) is 0 Å². The van der Waals surface area contributed by atoms with Crippen molar-refractivity contribution in [2.75, 3.05) is 24.2 Å². The average Bonchev–Trinajstić information content (AvgIpc) is 3.02. The molecule has 3 N–H and O–H groups in total. The molecule has 1 unspecified atom stereocenters. The summed E-state index contributed by atoms with van der Waals surface area (Å²) in [6, 6.07) is 8.14. The molecule has 0 bridgehead atoms. The summed E-state index contributed by atoms with van der Waals surface area (Å²) in [5.41, 5.74) is 7.04. The van der Waals surface area contributed by atoms with Gasteiger partial charge in [-0.05, 0) is 30.1 Å². The monoisotopic (exact) mass is 291 g/mol. The van der Waals surface area contributed by atoms with Crippen molar-refractivity contribution in [3.63, 3.8) is 0 Å². The van der Waals surface area contributed by atoms with E-state index in [4.69, 9.17) is 15.2 Å². The molecular formula is C14H17N3O2S. The number of nitrogens with two attached hydrogens (primary N) is 1. The fourth-order valence-corrected chi connectivity index (χ4v) is 2.93. The van der Waals surface area contributed by atoms with Crippen LogP contribution in [0, 0.1) is 0 Å². The number of benzene rings is 1. The van der Waals surface area contributed by atoms with Gasteiger partial charge in [-0.1, -0.05) is 18.2 Å². The topological polar surface area (TPSA) is 69.4 Å². The molecule has 3 rings (SSSR count). The first-order valence-corrected chi connectivity index (χ1v) is 7.41. The summed E-state index contributed by atoms with van der Waals surface area (Å²) in [6.45, 7) is 3.21. The van der Waals surface area contributed by atoms with E-state index in [0.717, 1.165) is 17.2 Å². The van der Waals surface area contributed by atoms with Crippen LogP contribution in [-0.4, -0.2) is 23.6 Å². The first-order valence-electron chi connectivity index (χ1n) is 6.64. The van der Waals surface area contributed by atoms with Crippen molar-refractivity contribution in [2.45, 2.75) is 19.4 Å². The molecule has 6 heteroatoms. The van der Waals surface area contributed by atoms with E-state index in [1.807, 2.05) is 25.1 Å². The zero-order valence-electron chi connectivity index (χ0n) is 11.3. The lowest BCUT2D eigenvalue weighted by atomic mass is 10.1. The van der Waals surface area contributed by atoms with Crippen LogP contribution < -0.4 is 20.5 Å². The zero-order valence-corrected chi connectivity index (χ0v) is 12.1. The molecule has 1 aromatic heterocycles. The average molecular weight is 291 g/mol. The van der Waals surface area contributed by atoms with Gasteiger partial charge in [0, 0.05) is 6.42 Å². The van der Waals surface area contributed by atoms with Crippen LogP contribution in [0.2, 0.25) is 0 Å². The predicted octanol–water partition coefficient (Wildman–Crippen LogP) is 2.54. The maximum absolute atomic E-state index is 5.88. The molecule has 2 aromatic rings. The van der Waals surface area contributed by atoms with E-state index in [1.165, 1.54) is 17.1 Å². The lowest BCUT2D eigenvalue weighted by molar-refractivity contribution is 0.246. The molecule has 2 heterocycles. The lowest BCUT2D eigenvalue weighted by Gasteiger charge is -2.12. The van der Waals surface area contributed by atoms with Crippen molar-refractivity contribution in [3.8, 4) is 11.5 Å². The highest BCUT2D eigenvalue weighted by Gasteiger charge is 2.23. The second kappa shape index (κ2) is 5.58. The minimum absolute atomic E-state index is 0.130. The highest BCUT2D eigenvalue weighted by Crippen LogP contribution is 2.35. The quantitative estimate of drug-likeness (QED) is 0.886. The zero-order chi connectivity index (χ0) is 13.9. The Bertz CT molecular complexity index is 575. The fourth-order valence-electron chi connectivity index (χ4n) is 2.26. The van der Waals surface area contributed by atoms with Crippen molar-refractivity contribution >= 4 is 22.4 Å². The third-order valence-corrected chi connectivity index (χ3v) is 3.97. The Labute approximate surface area is 121 Å². The SMILES string of the molecule is CCOc1c(N)nsc1NCC1Cc2ccccc2O1. The van der Waals surface area contributed by atoms with E-state index in [0.29, 0.717) is 24.7 Å². The Morgan fingerprint density at radius 2 is 2.35 bits per heavy atom. The number of para-hydroxylation sites is 1. The summed E-state index contributed by atoms with van der Waals surface area (Å²) in [5, 5.41) is 4.19. The molecule has 1 aliphatic heterocycles. The third-order valence-electron chi connectivity index (χ3n) is 3.17. The van der Waals surface area contributed by atoms with Crippen molar-refractivity contribution in [1.82, 2.24) is 4.37 Å². The summed E-state index contributed by atoms with van der Waals surface area (Å²) >= 11 is 1.32. The standard InChI is InChI=1S/C14H17N3O2S/c1-2-18-12-13(15)17-20-14(12)16-8-10-7-9-5-3-4-6-11(9)19-10/h3-6,10,16H,2,7-8H2,1H3,(H2,15,17). The van der Waals surface area contributed by atoms with Gasteiger partial charge in [0.1, 0.15) is 11.9 Å². The molecule has 0 radical (unpaired) electrons. The number of ether oxygens (including phenoxy) is 2. The third kappa shape index (κ3) is 2.51. The molecule has 0 saturated carbocycles. The van der Waals surface area contributed by atoms with E-state index in [1.54, 1.807) is 0 Å². The van der Waals surface area contributed by atoms with E-state index in [2.05, 4.69) is 15.8 Å². The second-order valence-corrected chi connectivity index (χ2v) is 5.37. The van der Waals surface area contributed by atoms with Crippen LogP contribution in [-0.2, 0) is 6.42 Å². The Hall–Kier alpha value is -1.95. The largest absolute Gasteiger partial charge is 0.488 e. The van der Waals surface area contributed by atoms with Crippen LogP contribution in [0.15, 0.2) is 24.3 Å². The van der Waals surface area contributed by atoms with Gasteiger partial charge in [0.2, 0.25) is 0 Å². The Morgan fingerprint density at radius 3 is 3.15 bits per heavy atom. The van der Waals surface area contributed by atoms with Crippen molar-refractivity contribution in [3.05, 3.63) is 29.8 Å². The van der Waals surface area contributed by atoms with Gasteiger partial charge in [-0.25, -0.2) is 0 Å². The van der Waals surface area contributed by atoms with Gasteiger partial charge in [-0.3, -0.25) is 0 Å². The Morgan fingerprint density at radius 1 is 1.50 bits per heavy atom. The smallest absolute Gasteiger partial charge is 0.197 e. The van der Waals surface area contributed by atoms with E-state index in [9.17, 15) is 0 Å². The number of aromatic nitrogens is 1. The van der Waals surface area contributed by atoms with Gasteiger partial charge < -0.3 is 20.5 Å². The van der Waals surface area contributed by atoms with E-state index in [-0.39, 0.29) is 6.10 Å². The molecule has 0 fully saturated rings. The molecule has 0 amide bonds.